The number of aryl methyl sites for hydroxylation is 1. The molecule has 13 heavy (non-hydrogen) atoms. The Balaban J connectivity index is 2.96. The second-order valence-corrected chi connectivity index (χ2v) is 3.40. The van der Waals surface area contributed by atoms with Gasteiger partial charge in [0.2, 0.25) is 0 Å². The Morgan fingerprint density at radius 2 is 2.00 bits per heavy atom. The molecule has 1 aromatic heterocycles. The predicted octanol–water partition coefficient (Wildman–Crippen LogP) is 2.89. The van der Waals surface area contributed by atoms with Gasteiger partial charge in [-0.25, -0.2) is 0 Å². The molecule has 1 aromatic rings. The van der Waals surface area contributed by atoms with Gasteiger partial charge in [0.05, 0.1) is 9.77 Å². The van der Waals surface area contributed by atoms with Gasteiger partial charge in [-0.15, -0.1) is 13.2 Å². The van der Waals surface area contributed by atoms with Gasteiger partial charge in [-0.2, -0.15) is 0 Å². The maximum Gasteiger partial charge on any atom is 0.573 e. The van der Waals surface area contributed by atoms with Crippen molar-refractivity contribution in [3.63, 3.8) is 0 Å². The summed E-state index contributed by atoms with van der Waals surface area (Å²) in [4.78, 5) is 3.60. The molecule has 72 valence electrons. The summed E-state index contributed by atoms with van der Waals surface area (Å²) in [5, 5.41) is 0. The molecule has 2 nitrogen and oxygen atoms in total. The average molecular weight is 303 g/mol. The van der Waals surface area contributed by atoms with E-state index in [9.17, 15) is 13.2 Å². The van der Waals surface area contributed by atoms with Crippen LogP contribution in [0.5, 0.6) is 5.75 Å². The highest BCUT2D eigenvalue weighted by Crippen LogP contribution is 2.28. The van der Waals surface area contributed by atoms with Crippen molar-refractivity contribution >= 4 is 22.6 Å². The first-order valence-corrected chi connectivity index (χ1v) is 4.34. The minimum atomic E-state index is -4.66. The van der Waals surface area contributed by atoms with Gasteiger partial charge in [0.15, 0.2) is 5.75 Å². The van der Waals surface area contributed by atoms with E-state index >= 15 is 0 Å². The summed E-state index contributed by atoms with van der Waals surface area (Å²) in [6.45, 7) is 1.66. The van der Waals surface area contributed by atoms with Crippen LogP contribution in [-0.4, -0.2) is 11.3 Å². The zero-order chi connectivity index (χ0) is 10.1. The molecule has 0 saturated carbocycles. The van der Waals surface area contributed by atoms with Gasteiger partial charge in [-0.1, -0.05) is 0 Å². The maximum absolute atomic E-state index is 11.8. The van der Waals surface area contributed by atoms with Crippen LogP contribution in [0.4, 0.5) is 13.2 Å². The highest BCUT2D eigenvalue weighted by Gasteiger charge is 2.32. The Morgan fingerprint density at radius 3 is 2.54 bits per heavy atom. The van der Waals surface area contributed by atoms with E-state index in [4.69, 9.17) is 0 Å². The third-order valence-corrected chi connectivity index (χ3v) is 2.63. The fourth-order valence-corrected chi connectivity index (χ4v) is 1.11. The van der Waals surface area contributed by atoms with Crippen molar-refractivity contribution in [2.75, 3.05) is 0 Å². The van der Waals surface area contributed by atoms with E-state index in [-0.39, 0.29) is 5.75 Å². The van der Waals surface area contributed by atoms with Crippen LogP contribution in [-0.2, 0) is 0 Å². The van der Waals surface area contributed by atoms with Crippen LogP contribution in [0, 0.1) is 10.5 Å². The predicted molar refractivity (Wildman–Crippen MR) is 48.4 cm³/mol. The molecule has 0 spiro atoms. The fourth-order valence-electron chi connectivity index (χ4n) is 0.720. The summed E-state index contributed by atoms with van der Waals surface area (Å²) in [7, 11) is 0. The zero-order valence-corrected chi connectivity index (χ0v) is 8.68. The lowest BCUT2D eigenvalue weighted by molar-refractivity contribution is -0.275. The van der Waals surface area contributed by atoms with Crippen LogP contribution < -0.4 is 4.74 Å². The molecule has 6 heteroatoms. The Labute approximate surface area is 86.3 Å². The monoisotopic (exact) mass is 303 g/mol. The molecule has 0 aliphatic carbocycles. The fraction of sp³-hybridized carbons (Fsp3) is 0.286. The van der Waals surface area contributed by atoms with Crippen LogP contribution in [0.25, 0.3) is 0 Å². The number of halogens is 4. The van der Waals surface area contributed by atoms with Crippen LogP contribution in [0.15, 0.2) is 12.4 Å². The SMILES string of the molecule is Cc1cncc(OC(F)(F)F)c1I. The summed E-state index contributed by atoms with van der Waals surface area (Å²) in [6, 6.07) is 0. The Hall–Kier alpha value is -0.530. The zero-order valence-electron chi connectivity index (χ0n) is 6.52. The number of pyridine rings is 1. The number of hydrogen-bond donors (Lipinski definition) is 0. The van der Waals surface area contributed by atoms with Gasteiger partial charge in [0.1, 0.15) is 0 Å². The van der Waals surface area contributed by atoms with Crippen molar-refractivity contribution in [3.8, 4) is 5.75 Å². The topological polar surface area (TPSA) is 22.1 Å². The first kappa shape index (κ1) is 10.6. The first-order chi connectivity index (χ1) is 5.90. The van der Waals surface area contributed by atoms with Crippen LogP contribution >= 0.6 is 22.6 Å². The molecular formula is C7H5F3INO. The van der Waals surface area contributed by atoms with Crippen molar-refractivity contribution in [2.45, 2.75) is 13.3 Å². The lowest BCUT2D eigenvalue weighted by Gasteiger charge is -2.10. The number of alkyl halides is 3. The van der Waals surface area contributed by atoms with E-state index in [0.717, 1.165) is 6.20 Å². The van der Waals surface area contributed by atoms with Crippen LogP contribution in [0.1, 0.15) is 5.56 Å². The van der Waals surface area contributed by atoms with Gasteiger partial charge in [0.25, 0.3) is 0 Å². The molecule has 0 atom stereocenters. The Bertz CT molecular complexity index is 313. The molecule has 0 aliphatic heterocycles. The van der Waals surface area contributed by atoms with Crippen molar-refractivity contribution in [1.29, 1.82) is 0 Å². The highest BCUT2D eigenvalue weighted by molar-refractivity contribution is 14.1. The van der Waals surface area contributed by atoms with E-state index in [1.54, 1.807) is 29.5 Å². The molecule has 1 rings (SSSR count). The quantitative estimate of drug-likeness (QED) is 0.744. The average Bonchev–Trinajstić information content (AvgIpc) is 1.96. The van der Waals surface area contributed by atoms with Gasteiger partial charge in [-0.3, -0.25) is 4.98 Å². The van der Waals surface area contributed by atoms with Gasteiger partial charge in [0, 0.05) is 6.20 Å². The lowest BCUT2D eigenvalue weighted by Crippen LogP contribution is -2.18. The molecular weight excluding hydrogens is 298 g/mol. The minimum absolute atomic E-state index is 0.256. The van der Waals surface area contributed by atoms with E-state index in [2.05, 4.69) is 9.72 Å². The standard InChI is InChI=1S/C7H5F3INO/c1-4-2-12-3-5(6(4)11)13-7(8,9)10/h2-3H,1H3. The van der Waals surface area contributed by atoms with E-state index in [0.29, 0.717) is 9.13 Å². The molecule has 0 amide bonds. The van der Waals surface area contributed by atoms with E-state index in [1.807, 2.05) is 0 Å². The summed E-state index contributed by atoms with van der Waals surface area (Å²) >= 11 is 1.78. The molecule has 0 aliphatic rings. The maximum atomic E-state index is 11.8. The lowest BCUT2D eigenvalue weighted by atomic mass is 10.3. The van der Waals surface area contributed by atoms with Gasteiger partial charge >= 0.3 is 6.36 Å². The molecule has 0 aromatic carbocycles. The smallest absolute Gasteiger partial charge is 0.403 e. The van der Waals surface area contributed by atoms with E-state index in [1.165, 1.54) is 6.20 Å². The van der Waals surface area contributed by atoms with Crippen LogP contribution in [0.3, 0.4) is 0 Å². The van der Waals surface area contributed by atoms with Crippen LogP contribution in [0.2, 0.25) is 0 Å². The summed E-state index contributed by atoms with van der Waals surface area (Å²) in [5.41, 5.74) is 0.655. The molecule has 1 heterocycles. The molecule has 0 unspecified atom stereocenters. The Kier molecular flexibility index (Phi) is 2.99. The number of hydrogen-bond acceptors (Lipinski definition) is 2. The first-order valence-electron chi connectivity index (χ1n) is 3.26. The van der Waals surface area contributed by atoms with E-state index < -0.39 is 6.36 Å². The third-order valence-electron chi connectivity index (χ3n) is 1.25. The van der Waals surface area contributed by atoms with Crippen molar-refractivity contribution < 1.29 is 17.9 Å². The second-order valence-electron chi connectivity index (χ2n) is 2.32. The molecule has 0 N–H and O–H groups in total. The summed E-state index contributed by atoms with van der Waals surface area (Å²) < 4.78 is 39.6. The van der Waals surface area contributed by atoms with Crippen molar-refractivity contribution in [3.05, 3.63) is 21.5 Å². The minimum Gasteiger partial charge on any atom is -0.403 e. The van der Waals surface area contributed by atoms with Crippen molar-refractivity contribution in [1.82, 2.24) is 4.98 Å². The number of aromatic nitrogens is 1. The molecule has 0 saturated heterocycles. The summed E-state index contributed by atoms with van der Waals surface area (Å²) in [5.74, 6) is -0.256. The number of ether oxygens (including phenoxy) is 1. The number of rotatable bonds is 1. The third kappa shape index (κ3) is 3.02. The normalized spacial score (nSPS) is 11.5. The molecule has 0 radical (unpaired) electrons. The second kappa shape index (κ2) is 3.69. The molecule has 0 bridgehead atoms. The molecule has 0 fully saturated rings. The van der Waals surface area contributed by atoms with Gasteiger partial charge < -0.3 is 4.74 Å². The largest absolute Gasteiger partial charge is 0.573 e. The van der Waals surface area contributed by atoms with Gasteiger partial charge in [-0.05, 0) is 35.1 Å². The number of nitrogens with zero attached hydrogens (tertiary/aromatic N) is 1. The van der Waals surface area contributed by atoms with Crippen molar-refractivity contribution in [2.24, 2.45) is 0 Å². The Morgan fingerprint density at radius 1 is 1.38 bits per heavy atom. The summed E-state index contributed by atoms with van der Waals surface area (Å²) in [6.07, 6.45) is -2.14. The highest BCUT2D eigenvalue weighted by atomic mass is 127.